The molecular weight excluding hydrogens is 198 g/mol. The number of hydrogen-bond acceptors (Lipinski definition) is 5. The molecule has 15 heavy (non-hydrogen) atoms. The average molecular weight is 211 g/mol. The molecular formula is C9H13N3O3. The van der Waals surface area contributed by atoms with Gasteiger partial charge in [0.25, 0.3) is 5.69 Å². The summed E-state index contributed by atoms with van der Waals surface area (Å²) in [5.74, 6) is 0. The highest BCUT2D eigenvalue weighted by molar-refractivity contribution is 5.66. The van der Waals surface area contributed by atoms with E-state index in [1.165, 1.54) is 6.07 Å². The topological polar surface area (TPSA) is 101 Å². The fourth-order valence-electron chi connectivity index (χ4n) is 1.15. The lowest BCUT2D eigenvalue weighted by Crippen LogP contribution is -2.06. The van der Waals surface area contributed by atoms with Crippen LogP contribution in [-0.2, 0) is 0 Å². The number of nitrogens with zero attached hydrogens (tertiary/aromatic N) is 1. The summed E-state index contributed by atoms with van der Waals surface area (Å²) in [5, 5.41) is 22.1. The number of nitro benzene ring substituents is 1. The Labute approximate surface area is 86.9 Å². The maximum absolute atomic E-state index is 10.7. The molecule has 0 aliphatic carbocycles. The van der Waals surface area contributed by atoms with E-state index in [-0.39, 0.29) is 12.3 Å². The van der Waals surface area contributed by atoms with Crippen LogP contribution in [0.5, 0.6) is 0 Å². The van der Waals surface area contributed by atoms with Crippen molar-refractivity contribution in [1.29, 1.82) is 0 Å². The Morgan fingerprint density at radius 2 is 2.27 bits per heavy atom. The molecule has 0 spiro atoms. The Bertz CT molecular complexity index is 354. The van der Waals surface area contributed by atoms with E-state index >= 15 is 0 Å². The summed E-state index contributed by atoms with van der Waals surface area (Å²) in [7, 11) is 0. The molecule has 0 aliphatic heterocycles. The van der Waals surface area contributed by atoms with Crippen molar-refractivity contribution in [2.45, 2.75) is 6.42 Å². The van der Waals surface area contributed by atoms with Gasteiger partial charge in [-0.15, -0.1) is 0 Å². The number of benzene rings is 1. The van der Waals surface area contributed by atoms with Crippen LogP contribution < -0.4 is 11.1 Å². The monoisotopic (exact) mass is 211 g/mol. The van der Waals surface area contributed by atoms with E-state index in [9.17, 15) is 10.1 Å². The number of anilines is 2. The largest absolute Gasteiger partial charge is 0.399 e. The molecule has 6 heteroatoms. The third-order valence-corrected chi connectivity index (χ3v) is 1.87. The molecule has 0 heterocycles. The third-order valence-electron chi connectivity index (χ3n) is 1.87. The molecule has 0 bridgehead atoms. The summed E-state index contributed by atoms with van der Waals surface area (Å²) < 4.78 is 0. The van der Waals surface area contributed by atoms with Gasteiger partial charge >= 0.3 is 0 Å². The van der Waals surface area contributed by atoms with E-state index in [0.29, 0.717) is 24.3 Å². The molecule has 0 unspecified atom stereocenters. The lowest BCUT2D eigenvalue weighted by atomic mass is 10.2. The van der Waals surface area contributed by atoms with Crippen LogP contribution in [0.4, 0.5) is 17.1 Å². The van der Waals surface area contributed by atoms with Crippen molar-refractivity contribution in [1.82, 2.24) is 0 Å². The van der Waals surface area contributed by atoms with E-state index in [1.807, 2.05) is 0 Å². The fraction of sp³-hybridized carbons (Fsp3) is 0.333. The van der Waals surface area contributed by atoms with Crippen LogP contribution in [0.15, 0.2) is 18.2 Å². The lowest BCUT2D eigenvalue weighted by molar-refractivity contribution is -0.383. The first-order valence-corrected chi connectivity index (χ1v) is 4.54. The molecule has 0 radical (unpaired) electrons. The quantitative estimate of drug-likeness (QED) is 0.291. The van der Waals surface area contributed by atoms with Gasteiger partial charge in [-0.05, 0) is 18.6 Å². The average Bonchev–Trinajstić information content (AvgIpc) is 2.20. The molecule has 82 valence electrons. The zero-order valence-electron chi connectivity index (χ0n) is 8.14. The number of aliphatic hydroxyl groups is 1. The van der Waals surface area contributed by atoms with Crippen LogP contribution in [0.3, 0.4) is 0 Å². The fourth-order valence-corrected chi connectivity index (χ4v) is 1.15. The molecule has 4 N–H and O–H groups in total. The van der Waals surface area contributed by atoms with Crippen LogP contribution in [0.25, 0.3) is 0 Å². The van der Waals surface area contributed by atoms with Gasteiger partial charge < -0.3 is 16.2 Å². The van der Waals surface area contributed by atoms with E-state index in [2.05, 4.69) is 5.32 Å². The van der Waals surface area contributed by atoms with E-state index < -0.39 is 4.92 Å². The number of nitrogens with two attached hydrogens (primary N) is 1. The van der Waals surface area contributed by atoms with Crippen LogP contribution >= 0.6 is 0 Å². The number of rotatable bonds is 5. The number of aliphatic hydroxyl groups excluding tert-OH is 1. The van der Waals surface area contributed by atoms with Gasteiger partial charge in [0.05, 0.1) is 4.92 Å². The Hall–Kier alpha value is -1.82. The molecule has 1 aromatic carbocycles. The minimum Gasteiger partial charge on any atom is -0.399 e. The van der Waals surface area contributed by atoms with Gasteiger partial charge in [0.2, 0.25) is 0 Å². The van der Waals surface area contributed by atoms with Crippen LogP contribution in [-0.4, -0.2) is 23.2 Å². The predicted molar refractivity (Wildman–Crippen MR) is 57.7 cm³/mol. The summed E-state index contributed by atoms with van der Waals surface area (Å²) in [4.78, 5) is 10.2. The first kappa shape index (κ1) is 11.3. The van der Waals surface area contributed by atoms with Crippen LogP contribution in [0.2, 0.25) is 0 Å². The van der Waals surface area contributed by atoms with Crippen molar-refractivity contribution >= 4 is 17.1 Å². The van der Waals surface area contributed by atoms with Gasteiger partial charge in [-0.1, -0.05) is 0 Å². The number of nitro groups is 1. The Morgan fingerprint density at radius 3 is 2.87 bits per heavy atom. The van der Waals surface area contributed by atoms with Crippen molar-refractivity contribution in [2.75, 3.05) is 24.2 Å². The van der Waals surface area contributed by atoms with Gasteiger partial charge in [0.15, 0.2) is 0 Å². The van der Waals surface area contributed by atoms with Crippen molar-refractivity contribution in [3.05, 3.63) is 28.3 Å². The Morgan fingerprint density at radius 1 is 1.53 bits per heavy atom. The molecule has 6 nitrogen and oxygen atoms in total. The second-order valence-corrected chi connectivity index (χ2v) is 3.04. The SMILES string of the molecule is Nc1ccc(NCCCO)c([N+](=O)[O-])c1. The summed E-state index contributed by atoms with van der Waals surface area (Å²) in [6.45, 7) is 0.539. The summed E-state index contributed by atoms with van der Waals surface area (Å²) in [6.07, 6.45) is 0.543. The number of hydrogen-bond donors (Lipinski definition) is 3. The molecule has 0 saturated carbocycles. The Kier molecular flexibility index (Phi) is 3.87. The van der Waals surface area contributed by atoms with Crippen molar-refractivity contribution < 1.29 is 10.0 Å². The van der Waals surface area contributed by atoms with Crippen molar-refractivity contribution in [3.63, 3.8) is 0 Å². The number of nitrogen functional groups attached to an aromatic ring is 1. The summed E-state index contributed by atoms with van der Waals surface area (Å²) >= 11 is 0. The molecule has 0 fully saturated rings. The van der Waals surface area contributed by atoms with Crippen LogP contribution in [0, 0.1) is 10.1 Å². The number of nitrogens with one attached hydrogen (secondary N) is 1. The van der Waals surface area contributed by atoms with E-state index in [1.54, 1.807) is 12.1 Å². The minimum atomic E-state index is -0.488. The zero-order valence-corrected chi connectivity index (χ0v) is 8.14. The minimum absolute atomic E-state index is 0.0482. The summed E-state index contributed by atoms with van der Waals surface area (Å²) in [5.41, 5.74) is 6.17. The zero-order chi connectivity index (χ0) is 11.3. The molecule has 0 amide bonds. The highest BCUT2D eigenvalue weighted by atomic mass is 16.6. The first-order chi connectivity index (χ1) is 7.15. The van der Waals surface area contributed by atoms with Gasteiger partial charge in [0, 0.05) is 24.9 Å². The smallest absolute Gasteiger partial charge is 0.294 e. The van der Waals surface area contributed by atoms with Gasteiger partial charge in [-0.2, -0.15) is 0 Å². The summed E-state index contributed by atoms with van der Waals surface area (Å²) in [6, 6.07) is 4.46. The maximum atomic E-state index is 10.7. The lowest BCUT2D eigenvalue weighted by Gasteiger charge is -2.06. The van der Waals surface area contributed by atoms with E-state index in [0.717, 1.165) is 0 Å². The van der Waals surface area contributed by atoms with Gasteiger partial charge in [-0.25, -0.2) is 0 Å². The Balaban J connectivity index is 2.81. The second-order valence-electron chi connectivity index (χ2n) is 3.04. The van der Waals surface area contributed by atoms with Gasteiger partial charge in [-0.3, -0.25) is 10.1 Å². The highest BCUT2D eigenvalue weighted by Gasteiger charge is 2.12. The third kappa shape index (κ3) is 3.10. The molecule has 1 rings (SSSR count). The molecule has 0 saturated heterocycles. The maximum Gasteiger partial charge on any atom is 0.294 e. The van der Waals surface area contributed by atoms with Crippen molar-refractivity contribution in [2.24, 2.45) is 0 Å². The van der Waals surface area contributed by atoms with Crippen LogP contribution in [0.1, 0.15) is 6.42 Å². The predicted octanol–water partition coefficient (Wildman–Crippen LogP) is 0.971. The molecule has 0 aromatic heterocycles. The van der Waals surface area contributed by atoms with Crippen molar-refractivity contribution in [3.8, 4) is 0 Å². The highest BCUT2D eigenvalue weighted by Crippen LogP contribution is 2.26. The normalized spacial score (nSPS) is 9.93. The van der Waals surface area contributed by atoms with E-state index in [4.69, 9.17) is 10.8 Å². The second kappa shape index (κ2) is 5.16. The molecule has 0 aliphatic rings. The first-order valence-electron chi connectivity index (χ1n) is 4.54. The standard InChI is InChI=1S/C9H13N3O3/c10-7-2-3-8(11-4-1-5-13)9(6-7)12(14)15/h2-3,6,11,13H,1,4-5,10H2. The van der Waals surface area contributed by atoms with Gasteiger partial charge in [0.1, 0.15) is 5.69 Å². The molecule has 0 atom stereocenters. The molecule has 1 aromatic rings.